The summed E-state index contributed by atoms with van der Waals surface area (Å²) in [5.41, 5.74) is 4.27. The molecule has 2 aliphatic heterocycles. The summed E-state index contributed by atoms with van der Waals surface area (Å²) in [5.74, 6) is -0.295. The van der Waals surface area contributed by atoms with Gasteiger partial charge in [0.1, 0.15) is 5.70 Å². The highest BCUT2D eigenvalue weighted by Gasteiger charge is 2.41. The molecule has 1 saturated heterocycles. The molecule has 0 bridgehead atoms. The van der Waals surface area contributed by atoms with Gasteiger partial charge in [-0.15, -0.1) is 0 Å². The van der Waals surface area contributed by atoms with E-state index in [-0.39, 0.29) is 11.8 Å². The summed E-state index contributed by atoms with van der Waals surface area (Å²) in [7, 11) is 0. The van der Waals surface area contributed by atoms with Crippen molar-refractivity contribution in [2.45, 2.75) is 59.3 Å². The van der Waals surface area contributed by atoms with Crippen LogP contribution < -0.4 is 0 Å². The van der Waals surface area contributed by atoms with Gasteiger partial charge < -0.3 is 9.64 Å². The van der Waals surface area contributed by atoms with Crippen molar-refractivity contribution in [3.05, 3.63) is 40.6 Å². The second-order valence-corrected chi connectivity index (χ2v) is 8.17. The van der Waals surface area contributed by atoms with Crippen molar-refractivity contribution in [1.29, 1.82) is 0 Å². The zero-order valence-corrected chi connectivity index (χ0v) is 18.1. The molecule has 1 aromatic rings. The lowest BCUT2D eigenvalue weighted by Crippen LogP contribution is -2.37. The predicted octanol–water partition coefficient (Wildman–Crippen LogP) is 4.08. The molecular weight excluding hydrogens is 364 g/mol. The molecule has 0 N–H and O–H groups in total. The molecule has 0 aliphatic carbocycles. The Balaban J connectivity index is 1.83. The van der Waals surface area contributed by atoms with Crippen molar-refractivity contribution >= 4 is 17.4 Å². The van der Waals surface area contributed by atoms with E-state index < -0.39 is 0 Å². The van der Waals surface area contributed by atoms with E-state index in [4.69, 9.17) is 4.74 Å². The van der Waals surface area contributed by atoms with E-state index in [9.17, 15) is 9.59 Å². The van der Waals surface area contributed by atoms with Gasteiger partial charge in [0.15, 0.2) is 0 Å². The van der Waals surface area contributed by atoms with Crippen molar-refractivity contribution in [1.82, 2.24) is 9.80 Å². The highest BCUT2D eigenvalue weighted by molar-refractivity contribution is 6.35. The Bertz CT molecular complexity index is 778. The fourth-order valence-corrected chi connectivity index (χ4v) is 4.19. The summed E-state index contributed by atoms with van der Waals surface area (Å²) in [6, 6.07) is 6.09. The molecule has 0 saturated carbocycles. The van der Waals surface area contributed by atoms with Crippen LogP contribution in [0.4, 0.5) is 0 Å². The minimum Gasteiger partial charge on any atom is -0.381 e. The van der Waals surface area contributed by atoms with Crippen LogP contribution in [-0.4, -0.2) is 54.5 Å². The lowest BCUT2D eigenvalue weighted by molar-refractivity contribution is -0.137. The number of ether oxygens (including phenoxy) is 1. The van der Waals surface area contributed by atoms with Gasteiger partial charge in [0.25, 0.3) is 11.8 Å². The number of imide groups is 1. The number of piperidine rings is 1. The lowest BCUT2D eigenvalue weighted by atomic mass is 9.97. The molecular formula is C24H34N2O3. The number of carbonyl (C=O) groups excluding carboxylic acids is 2. The first-order valence-corrected chi connectivity index (χ1v) is 11.1. The van der Waals surface area contributed by atoms with Crippen LogP contribution in [0.15, 0.2) is 23.9 Å². The van der Waals surface area contributed by atoms with Gasteiger partial charge in [0, 0.05) is 32.8 Å². The van der Waals surface area contributed by atoms with Gasteiger partial charge in [-0.3, -0.25) is 14.5 Å². The molecule has 158 valence electrons. The van der Waals surface area contributed by atoms with Crippen molar-refractivity contribution in [3.8, 4) is 0 Å². The van der Waals surface area contributed by atoms with Crippen LogP contribution >= 0.6 is 0 Å². The van der Waals surface area contributed by atoms with Crippen LogP contribution in [-0.2, 0) is 14.3 Å². The van der Waals surface area contributed by atoms with Gasteiger partial charge in [0.05, 0.1) is 5.57 Å². The van der Waals surface area contributed by atoms with Crippen molar-refractivity contribution in [3.63, 3.8) is 0 Å². The minimum absolute atomic E-state index is 0.138. The van der Waals surface area contributed by atoms with Gasteiger partial charge in [-0.25, -0.2) is 0 Å². The maximum atomic E-state index is 13.4. The third-order valence-electron chi connectivity index (χ3n) is 5.78. The van der Waals surface area contributed by atoms with Crippen LogP contribution in [0, 0.1) is 13.8 Å². The Morgan fingerprint density at radius 2 is 1.69 bits per heavy atom. The minimum atomic E-state index is -0.156. The summed E-state index contributed by atoms with van der Waals surface area (Å²) in [6.07, 6.45) is 6.13. The number of likely N-dealkylation sites (tertiary alicyclic amines) is 1. The van der Waals surface area contributed by atoms with E-state index in [1.54, 1.807) is 0 Å². The van der Waals surface area contributed by atoms with Gasteiger partial charge in [-0.05, 0) is 57.1 Å². The normalized spacial score (nSPS) is 17.6. The molecule has 0 aromatic heterocycles. The molecule has 2 heterocycles. The predicted molar refractivity (Wildman–Crippen MR) is 115 cm³/mol. The molecule has 29 heavy (non-hydrogen) atoms. The molecule has 0 unspecified atom stereocenters. The van der Waals surface area contributed by atoms with E-state index in [1.165, 1.54) is 11.3 Å². The molecule has 1 aromatic carbocycles. The fourth-order valence-electron chi connectivity index (χ4n) is 4.19. The molecule has 0 radical (unpaired) electrons. The number of aryl methyl sites for hydroxylation is 2. The van der Waals surface area contributed by atoms with Crippen LogP contribution in [0.1, 0.15) is 62.1 Å². The first kappa shape index (κ1) is 21.6. The van der Waals surface area contributed by atoms with Crippen molar-refractivity contribution < 1.29 is 14.3 Å². The quantitative estimate of drug-likeness (QED) is 0.465. The molecule has 3 rings (SSSR count). The van der Waals surface area contributed by atoms with E-state index in [2.05, 4.69) is 17.9 Å². The van der Waals surface area contributed by atoms with E-state index >= 15 is 0 Å². The second-order valence-electron chi connectivity index (χ2n) is 8.17. The maximum Gasteiger partial charge on any atom is 0.277 e. The fraction of sp³-hybridized carbons (Fsp3) is 0.583. The standard InChI is InChI=1S/C24H34N2O3/c1-4-5-15-29-16-9-14-26-23(27)21(20-11-10-18(2)17-19(20)3)22(24(26)28)25-12-7-6-8-13-25/h10-11,17H,4-9,12-16H2,1-3H3. The number of nitrogens with zero attached hydrogens (tertiary/aromatic N) is 2. The van der Waals surface area contributed by atoms with Crippen LogP contribution in [0.2, 0.25) is 0 Å². The smallest absolute Gasteiger partial charge is 0.277 e. The van der Waals surface area contributed by atoms with E-state index in [0.717, 1.165) is 62.1 Å². The number of rotatable bonds is 9. The Morgan fingerprint density at radius 3 is 2.38 bits per heavy atom. The Hall–Kier alpha value is -2.14. The van der Waals surface area contributed by atoms with Crippen LogP contribution in [0.5, 0.6) is 0 Å². The number of benzene rings is 1. The number of carbonyl (C=O) groups is 2. The summed E-state index contributed by atoms with van der Waals surface area (Å²) in [5, 5.41) is 0. The largest absolute Gasteiger partial charge is 0.381 e. The Kier molecular flexibility index (Phi) is 7.48. The van der Waals surface area contributed by atoms with Crippen LogP contribution in [0.3, 0.4) is 0 Å². The molecule has 2 aliphatic rings. The highest BCUT2D eigenvalue weighted by Crippen LogP contribution is 2.34. The Morgan fingerprint density at radius 1 is 0.966 bits per heavy atom. The number of hydrogen-bond acceptors (Lipinski definition) is 4. The van der Waals surface area contributed by atoms with Gasteiger partial charge >= 0.3 is 0 Å². The molecule has 2 amide bonds. The van der Waals surface area contributed by atoms with Gasteiger partial charge in [-0.2, -0.15) is 0 Å². The van der Waals surface area contributed by atoms with Gasteiger partial charge in [0.2, 0.25) is 0 Å². The van der Waals surface area contributed by atoms with Crippen molar-refractivity contribution in [2.24, 2.45) is 0 Å². The molecule has 5 heteroatoms. The molecule has 5 nitrogen and oxygen atoms in total. The van der Waals surface area contributed by atoms with Gasteiger partial charge in [-0.1, -0.05) is 37.1 Å². The highest BCUT2D eigenvalue weighted by atomic mass is 16.5. The zero-order valence-electron chi connectivity index (χ0n) is 18.1. The SMILES string of the molecule is CCCCOCCCN1C(=O)C(c2ccc(C)cc2C)=C(N2CCCCC2)C1=O. The summed E-state index contributed by atoms with van der Waals surface area (Å²) in [4.78, 5) is 30.2. The maximum absolute atomic E-state index is 13.4. The summed E-state index contributed by atoms with van der Waals surface area (Å²) < 4.78 is 5.62. The third kappa shape index (κ3) is 4.89. The second kappa shape index (κ2) is 10.1. The zero-order chi connectivity index (χ0) is 20.8. The lowest BCUT2D eigenvalue weighted by Gasteiger charge is -2.29. The number of unbranched alkanes of at least 4 members (excludes halogenated alkanes) is 1. The summed E-state index contributed by atoms with van der Waals surface area (Å²) >= 11 is 0. The van der Waals surface area contributed by atoms with Crippen molar-refractivity contribution in [2.75, 3.05) is 32.8 Å². The topological polar surface area (TPSA) is 49.9 Å². The monoisotopic (exact) mass is 398 g/mol. The van der Waals surface area contributed by atoms with E-state index in [1.807, 2.05) is 26.0 Å². The summed E-state index contributed by atoms with van der Waals surface area (Å²) in [6.45, 7) is 9.61. The molecule has 0 spiro atoms. The first-order chi connectivity index (χ1) is 14.0. The average Bonchev–Trinajstić information content (AvgIpc) is 2.95. The van der Waals surface area contributed by atoms with Crippen LogP contribution in [0.25, 0.3) is 5.57 Å². The number of amides is 2. The number of hydrogen-bond donors (Lipinski definition) is 0. The van der Waals surface area contributed by atoms with E-state index in [0.29, 0.717) is 30.8 Å². The molecule has 1 fully saturated rings. The average molecular weight is 399 g/mol. The Labute approximate surface area is 174 Å². The molecule has 0 atom stereocenters. The third-order valence-corrected chi connectivity index (χ3v) is 5.78. The first-order valence-electron chi connectivity index (χ1n) is 11.1.